The van der Waals surface area contributed by atoms with Crippen LogP contribution in [-0.4, -0.2) is 10.2 Å². The summed E-state index contributed by atoms with van der Waals surface area (Å²) in [5.41, 5.74) is 5.77. The van der Waals surface area contributed by atoms with Crippen molar-refractivity contribution < 1.29 is 14.8 Å². The molecule has 1 aromatic heterocycles. The second kappa shape index (κ2) is 6.73. The Bertz CT molecular complexity index is 763. The largest absolute Gasteiger partial charge is 0.508 e. The first kappa shape index (κ1) is 19.9. The maximum atomic E-state index is 11.0. The van der Waals surface area contributed by atoms with Crippen LogP contribution < -0.4 is 4.57 Å². The Morgan fingerprint density at radius 1 is 1.00 bits per heavy atom. The van der Waals surface area contributed by atoms with Gasteiger partial charge in [-0.1, -0.05) is 58.9 Å². The van der Waals surface area contributed by atoms with Crippen LogP contribution in [0.1, 0.15) is 74.9 Å². The van der Waals surface area contributed by atoms with Crippen LogP contribution in [0.4, 0.5) is 0 Å². The molecule has 0 radical (unpaired) electrons. The van der Waals surface area contributed by atoms with E-state index in [-0.39, 0.29) is 10.8 Å². The number of aliphatic hydroxyl groups excluding tert-OH is 1. The molecule has 2 rings (SSSR count). The number of aromatic nitrogens is 1. The van der Waals surface area contributed by atoms with Gasteiger partial charge in [-0.2, -0.15) is 4.57 Å². The molecule has 0 amide bonds. The van der Waals surface area contributed by atoms with Crippen molar-refractivity contribution in [1.82, 2.24) is 0 Å². The Labute approximate surface area is 156 Å². The van der Waals surface area contributed by atoms with Crippen LogP contribution in [0.25, 0.3) is 0 Å². The van der Waals surface area contributed by atoms with Gasteiger partial charge in [-0.05, 0) is 34.9 Å². The van der Waals surface area contributed by atoms with Gasteiger partial charge in [0.15, 0.2) is 12.2 Å². The van der Waals surface area contributed by atoms with E-state index < -0.39 is 6.10 Å². The van der Waals surface area contributed by atoms with Crippen molar-refractivity contribution in [3.63, 3.8) is 0 Å². The quantitative estimate of drug-likeness (QED) is 0.778. The zero-order chi connectivity index (χ0) is 19.2. The molecule has 25 heavy (non-hydrogen) atoms. The van der Waals surface area contributed by atoms with E-state index in [0.29, 0.717) is 12.3 Å². The molecule has 1 heterocycles. The number of aryl methyl sites for hydroxylation is 1. The molecule has 1 atom stereocenters. The lowest BCUT2D eigenvalue weighted by Crippen LogP contribution is -2.38. The van der Waals surface area contributed by atoms with Crippen LogP contribution in [0, 0.1) is 13.8 Å². The van der Waals surface area contributed by atoms with Gasteiger partial charge in [0.05, 0.1) is 4.88 Å². The van der Waals surface area contributed by atoms with Crippen molar-refractivity contribution in [3.8, 4) is 5.75 Å². The number of aromatic hydroxyl groups is 1. The van der Waals surface area contributed by atoms with Gasteiger partial charge in [0.1, 0.15) is 11.9 Å². The van der Waals surface area contributed by atoms with Crippen LogP contribution in [0.2, 0.25) is 0 Å². The summed E-state index contributed by atoms with van der Waals surface area (Å²) in [6.45, 7) is 17.4. The van der Waals surface area contributed by atoms with E-state index in [1.165, 1.54) is 10.6 Å². The molecule has 1 aromatic carbocycles. The molecule has 0 saturated carbocycles. The van der Waals surface area contributed by atoms with Crippen LogP contribution >= 0.6 is 11.3 Å². The SMILES string of the molecule is Cc1sc[n+](CC(O)c2ccc(O)c(C(C)(C)C)c2C(C)(C)C)c1C. The van der Waals surface area contributed by atoms with Crippen LogP contribution in [0.15, 0.2) is 17.6 Å². The smallest absolute Gasteiger partial charge is 0.225 e. The summed E-state index contributed by atoms with van der Waals surface area (Å²) >= 11 is 1.70. The second-order valence-corrected chi connectivity index (χ2v) is 10.0. The molecule has 0 aliphatic carbocycles. The summed E-state index contributed by atoms with van der Waals surface area (Å²) in [5.74, 6) is 0.309. The van der Waals surface area contributed by atoms with E-state index in [4.69, 9.17) is 0 Å². The lowest BCUT2D eigenvalue weighted by Gasteiger charge is -2.33. The van der Waals surface area contributed by atoms with Crippen molar-refractivity contribution >= 4 is 11.3 Å². The third-order valence-electron chi connectivity index (χ3n) is 4.74. The zero-order valence-electron chi connectivity index (χ0n) is 16.8. The summed E-state index contributed by atoms with van der Waals surface area (Å²) in [7, 11) is 0. The lowest BCUT2D eigenvalue weighted by molar-refractivity contribution is -0.706. The fourth-order valence-electron chi connectivity index (χ4n) is 3.43. The highest BCUT2D eigenvalue weighted by Crippen LogP contribution is 2.43. The summed E-state index contributed by atoms with van der Waals surface area (Å²) in [5, 5.41) is 21.6. The molecule has 3 nitrogen and oxygen atoms in total. The summed E-state index contributed by atoms with van der Waals surface area (Å²) in [4.78, 5) is 1.27. The molecule has 1 unspecified atom stereocenters. The minimum Gasteiger partial charge on any atom is -0.508 e. The molecule has 0 fully saturated rings. The van der Waals surface area contributed by atoms with Gasteiger partial charge < -0.3 is 10.2 Å². The molecule has 0 spiro atoms. The van der Waals surface area contributed by atoms with Crippen molar-refractivity contribution in [2.75, 3.05) is 0 Å². The number of rotatable bonds is 3. The van der Waals surface area contributed by atoms with Gasteiger partial charge in [0.25, 0.3) is 0 Å². The normalized spacial score (nSPS) is 14.0. The third kappa shape index (κ3) is 4.06. The maximum Gasteiger partial charge on any atom is 0.225 e. The van der Waals surface area contributed by atoms with Crippen LogP contribution in [0.5, 0.6) is 5.75 Å². The van der Waals surface area contributed by atoms with Gasteiger partial charge in [-0.25, -0.2) is 0 Å². The number of hydrogen-bond acceptors (Lipinski definition) is 3. The number of phenols is 1. The van der Waals surface area contributed by atoms with E-state index in [9.17, 15) is 10.2 Å². The van der Waals surface area contributed by atoms with E-state index in [1.807, 2.05) is 6.07 Å². The fraction of sp³-hybridized carbons (Fsp3) is 0.571. The number of nitrogens with zero attached hydrogens (tertiary/aromatic N) is 1. The predicted octanol–water partition coefficient (Wildman–Crippen LogP) is 4.69. The topological polar surface area (TPSA) is 44.3 Å². The van der Waals surface area contributed by atoms with E-state index in [0.717, 1.165) is 16.7 Å². The Morgan fingerprint density at radius 3 is 2.00 bits per heavy atom. The van der Waals surface area contributed by atoms with Crippen molar-refractivity contribution in [2.24, 2.45) is 0 Å². The second-order valence-electron chi connectivity index (χ2n) is 8.96. The molecule has 2 N–H and O–H groups in total. The number of aliphatic hydroxyl groups is 1. The Kier molecular flexibility index (Phi) is 5.36. The molecular formula is C21H32NO2S+. The van der Waals surface area contributed by atoms with E-state index in [1.54, 1.807) is 17.4 Å². The van der Waals surface area contributed by atoms with Crippen molar-refractivity contribution in [2.45, 2.75) is 78.9 Å². The third-order valence-corrected chi connectivity index (χ3v) is 5.75. The fourth-order valence-corrected chi connectivity index (χ4v) is 4.24. The molecule has 138 valence electrons. The van der Waals surface area contributed by atoms with E-state index >= 15 is 0 Å². The van der Waals surface area contributed by atoms with Gasteiger partial charge in [0.2, 0.25) is 5.51 Å². The molecule has 0 bridgehead atoms. The van der Waals surface area contributed by atoms with Crippen LogP contribution in [-0.2, 0) is 17.4 Å². The number of phenolic OH excluding ortho intramolecular Hbond substituents is 1. The zero-order valence-corrected chi connectivity index (χ0v) is 17.6. The maximum absolute atomic E-state index is 11.0. The average Bonchev–Trinajstić information content (AvgIpc) is 2.76. The Morgan fingerprint density at radius 2 is 1.56 bits per heavy atom. The summed E-state index contributed by atoms with van der Waals surface area (Å²) in [6, 6.07) is 3.61. The van der Waals surface area contributed by atoms with Gasteiger partial charge in [0, 0.05) is 12.5 Å². The molecule has 0 aliphatic rings. The lowest BCUT2D eigenvalue weighted by atomic mass is 9.72. The number of thiazole rings is 1. The van der Waals surface area contributed by atoms with Gasteiger partial charge >= 0.3 is 0 Å². The Balaban J connectivity index is 2.59. The standard InChI is InChI=1S/C21H31NO2S/c1-13-14(2)25-12-22(13)11-17(24)15-9-10-16(23)19(21(6,7)8)18(15)20(3,4)5/h9-10,12,17,24H,11H2,1-8H3/p+1. The average molecular weight is 363 g/mol. The van der Waals surface area contributed by atoms with Crippen molar-refractivity contribution in [1.29, 1.82) is 0 Å². The number of benzene rings is 1. The van der Waals surface area contributed by atoms with Crippen LogP contribution in [0.3, 0.4) is 0 Å². The highest BCUT2D eigenvalue weighted by atomic mass is 32.1. The first-order valence-corrected chi connectivity index (χ1v) is 9.71. The Hall–Kier alpha value is -1.39. The monoisotopic (exact) mass is 362 g/mol. The molecular weight excluding hydrogens is 330 g/mol. The molecule has 0 saturated heterocycles. The highest BCUT2D eigenvalue weighted by Gasteiger charge is 2.33. The first-order valence-electron chi connectivity index (χ1n) is 8.83. The first-order chi connectivity index (χ1) is 11.3. The predicted molar refractivity (Wildman–Crippen MR) is 104 cm³/mol. The van der Waals surface area contributed by atoms with Gasteiger partial charge in [-0.15, -0.1) is 0 Å². The van der Waals surface area contributed by atoms with Gasteiger partial charge in [-0.3, -0.25) is 0 Å². The summed E-state index contributed by atoms with van der Waals surface area (Å²) in [6.07, 6.45) is -0.617. The molecule has 0 aliphatic heterocycles. The molecule has 2 aromatic rings. The number of hydrogen-bond donors (Lipinski definition) is 2. The minimum absolute atomic E-state index is 0.179. The van der Waals surface area contributed by atoms with E-state index in [2.05, 4.69) is 65.5 Å². The minimum atomic E-state index is -0.617. The highest BCUT2D eigenvalue weighted by molar-refractivity contribution is 7.09. The summed E-state index contributed by atoms with van der Waals surface area (Å²) < 4.78 is 2.11. The van der Waals surface area contributed by atoms with Crippen molar-refractivity contribution in [3.05, 3.63) is 44.9 Å². The molecule has 4 heteroatoms.